The summed E-state index contributed by atoms with van der Waals surface area (Å²) in [6.07, 6.45) is 2.13. The number of thiazole rings is 1. The van der Waals surface area contributed by atoms with Crippen molar-refractivity contribution in [3.05, 3.63) is 74.5 Å². The van der Waals surface area contributed by atoms with Crippen LogP contribution in [-0.2, 0) is 6.54 Å². The first kappa shape index (κ1) is 23.8. The van der Waals surface area contributed by atoms with Crippen LogP contribution in [-0.4, -0.2) is 48.6 Å². The van der Waals surface area contributed by atoms with Gasteiger partial charge in [0.15, 0.2) is 16.3 Å². The standard InChI is InChI=1S/C26H29N3O4S/c1-17-18(2)34-26(27-24(30)20-10-11-22(32-3)23(15-20)33-4)29(17)16-19-8-7-9-21(14-19)25(31)28-12-5-6-13-28/h7-11,14-15H,5-6,12-13,16H2,1-4H3. The van der Waals surface area contributed by atoms with E-state index in [0.29, 0.717) is 34.0 Å². The van der Waals surface area contributed by atoms with Gasteiger partial charge in [-0.2, -0.15) is 4.99 Å². The van der Waals surface area contributed by atoms with Gasteiger partial charge < -0.3 is 18.9 Å². The molecule has 34 heavy (non-hydrogen) atoms. The maximum atomic E-state index is 13.0. The van der Waals surface area contributed by atoms with Crippen LogP contribution in [0.4, 0.5) is 0 Å². The summed E-state index contributed by atoms with van der Waals surface area (Å²) in [6, 6.07) is 12.7. The van der Waals surface area contributed by atoms with Crippen LogP contribution >= 0.6 is 11.3 Å². The van der Waals surface area contributed by atoms with E-state index in [0.717, 1.165) is 42.1 Å². The molecule has 2 heterocycles. The lowest BCUT2D eigenvalue weighted by Crippen LogP contribution is -2.27. The minimum atomic E-state index is -0.353. The van der Waals surface area contributed by atoms with Crippen molar-refractivity contribution < 1.29 is 19.1 Å². The number of nitrogens with zero attached hydrogens (tertiary/aromatic N) is 3. The van der Waals surface area contributed by atoms with Gasteiger partial charge in [0.25, 0.3) is 11.8 Å². The van der Waals surface area contributed by atoms with Crippen molar-refractivity contribution >= 4 is 23.2 Å². The Hall–Kier alpha value is -3.39. The largest absolute Gasteiger partial charge is 0.493 e. The summed E-state index contributed by atoms with van der Waals surface area (Å²) in [6.45, 7) is 6.20. The maximum absolute atomic E-state index is 13.0. The lowest BCUT2D eigenvalue weighted by molar-refractivity contribution is 0.0792. The second-order valence-corrected chi connectivity index (χ2v) is 9.48. The number of rotatable bonds is 6. The first-order chi connectivity index (χ1) is 16.4. The van der Waals surface area contributed by atoms with Crippen LogP contribution < -0.4 is 14.3 Å². The molecule has 0 N–H and O–H groups in total. The first-order valence-electron chi connectivity index (χ1n) is 11.3. The molecule has 8 heteroatoms. The minimum Gasteiger partial charge on any atom is -0.493 e. The molecular weight excluding hydrogens is 450 g/mol. The number of aromatic nitrogens is 1. The van der Waals surface area contributed by atoms with Crippen LogP contribution in [0, 0.1) is 13.8 Å². The van der Waals surface area contributed by atoms with Crippen LogP contribution in [0.2, 0.25) is 0 Å². The summed E-state index contributed by atoms with van der Waals surface area (Å²) in [5.74, 6) is 0.764. The van der Waals surface area contributed by atoms with Crippen molar-refractivity contribution in [2.75, 3.05) is 27.3 Å². The van der Waals surface area contributed by atoms with Gasteiger partial charge in [0.2, 0.25) is 0 Å². The molecule has 3 aromatic rings. The molecule has 0 radical (unpaired) electrons. The van der Waals surface area contributed by atoms with E-state index in [1.54, 1.807) is 25.3 Å². The van der Waals surface area contributed by atoms with E-state index < -0.39 is 0 Å². The number of carbonyl (C=O) groups excluding carboxylic acids is 2. The Bertz CT molecular complexity index is 1290. The lowest BCUT2D eigenvalue weighted by atomic mass is 10.1. The normalized spacial score (nSPS) is 13.9. The van der Waals surface area contributed by atoms with Gasteiger partial charge in [-0.25, -0.2) is 0 Å². The van der Waals surface area contributed by atoms with Gasteiger partial charge in [-0.05, 0) is 62.6 Å². The molecule has 0 aliphatic carbocycles. The molecule has 1 aliphatic heterocycles. The Balaban J connectivity index is 1.64. The average molecular weight is 480 g/mol. The van der Waals surface area contributed by atoms with Crippen molar-refractivity contribution in [1.82, 2.24) is 9.47 Å². The van der Waals surface area contributed by atoms with Gasteiger partial charge in [-0.15, -0.1) is 11.3 Å². The van der Waals surface area contributed by atoms with Crippen molar-refractivity contribution in [2.24, 2.45) is 4.99 Å². The van der Waals surface area contributed by atoms with E-state index in [4.69, 9.17) is 9.47 Å². The highest BCUT2D eigenvalue weighted by atomic mass is 32.1. The zero-order chi connectivity index (χ0) is 24.2. The number of amides is 2. The van der Waals surface area contributed by atoms with Crippen LogP contribution in [0.3, 0.4) is 0 Å². The van der Waals surface area contributed by atoms with E-state index in [2.05, 4.69) is 4.99 Å². The molecule has 4 rings (SSSR count). The number of hydrogen-bond acceptors (Lipinski definition) is 5. The second kappa shape index (κ2) is 10.3. The highest BCUT2D eigenvalue weighted by Crippen LogP contribution is 2.27. The lowest BCUT2D eigenvalue weighted by Gasteiger charge is -2.16. The monoisotopic (exact) mass is 479 g/mol. The molecule has 0 bridgehead atoms. The molecule has 1 aliphatic rings. The van der Waals surface area contributed by atoms with Crippen LogP contribution in [0.25, 0.3) is 0 Å². The third-order valence-electron chi connectivity index (χ3n) is 6.13. The number of hydrogen-bond donors (Lipinski definition) is 0. The van der Waals surface area contributed by atoms with E-state index >= 15 is 0 Å². The molecule has 0 spiro atoms. The molecule has 2 amide bonds. The predicted octanol–water partition coefficient (Wildman–Crippen LogP) is 4.21. The fraction of sp³-hybridized carbons (Fsp3) is 0.346. The van der Waals surface area contributed by atoms with Gasteiger partial charge in [0, 0.05) is 34.8 Å². The molecule has 1 saturated heterocycles. The van der Waals surface area contributed by atoms with E-state index in [1.807, 2.05) is 47.6 Å². The topological polar surface area (TPSA) is 73.1 Å². The molecule has 0 saturated carbocycles. The number of likely N-dealkylation sites (tertiary alicyclic amines) is 1. The third kappa shape index (κ3) is 4.92. The van der Waals surface area contributed by atoms with E-state index in [9.17, 15) is 9.59 Å². The molecule has 1 aromatic heterocycles. The molecule has 0 unspecified atom stereocenters. The maximum Gasteiger partial charge on any atom is 0.279 e. The first-order valence-corrected chi connectivity index (χ1v) is 12.1. The average Bonchev–Trinajstić information content (AvgIpc) is 3.48. The molecular formula is C26H29N3O4S. The van der Waals surface area contributed by atoms with E-state index in [-0.39, 0.29) is 11.8 Å². The van der Waals surface area contributed by atoms with Gasteiger partial charge in [-0.1, -0.05) is 12.1 Å². The fourth-order valence-corrected chi connectivity index (χ4v) is 5.05. The summed E-state index contributed by atoms with van der Waals surface area (Å²) in [5, 5.41) is 0. The number of carbonyl (C=O) groups is 2. The number of methoxy groups -OCH3 is 2. The highest BCUT2D eigenvalue weighted by molar-refractivity contribution is 7.09. The molecule has 2 aromatic carbocycles. The summed E-state index contributed by atoms with van der Waals surface area (Å²) in [4.78, 5) is 33.9. The Kier molecular flexibility index (Phi) is 7.17. The quantitative estimate of drug-likeness (QED) is 0.531. The highest BCUT2D eigenvalue weighted by Gasteiger charge is 2.20. The summed E-state index contributed by atoms with van der Waals surface area (Å²) in [7, 11) is 3.09. The van der Waals surface area contributed by atoms with Gasteiger partial charge in [0.1, 0.15) is 0 Å². The van der Waals surface area contributed by atoms with Crippen molar-refractivity contribution in [2.45, 2.75) is 33.2 Å². The number of benzene rings is 2. The van der Waals surface area contributed by atoms with Gasteiger partial charge >= 0.3 is 0 Å². The molecule has 178 valence electrons. The van der Waals surface area contributed by atoms with Crippen molar-refractivity contribution in [3.8, 4) is 11.5 Å². The van der Waals surface area contributed by atoms with E-state index in [1.165, 1.54) is 18.4 Å². The molecule has 0 atom stereocenters. The second-order valence-electron chi connectivity index (χ2n) is 8.30. The molecule has 7 nitrogen and oxygen atoms in total. The fourth-order valence-electron chi connectivity index (χ4n) is 4.08. The Labute approximate surface area is 203 Å². The number of aryl methyl sites for hydroxylation is 1. The van der Waals surface area contributed by atoms with Gasteiger partial charge in [-0.3, -0.25) is 9.59 Å². The smallest absolute Gasteiger partial charge is 0.279 e. The third-order valence-corrected chi connectivity index (χ3v) is 7.22. The zero-order valence-corrected chi connectivity index (χ0v) is 20.8. The predicted molar refractivity (Wildman–Crippen MR) is 132 cm³/mol. The SMILES string of the molecule is COc1ccc(C(=O)N=c2sc(C)c(C)n2Cc2cccc(C(=O)N3CCCC3)c2)cc1OC. The Morgan fingerprint density at radius 3 is 2.41 bits per heavy atom. The van der Waals surface area contributed by atoms with Crippen LogP contribution in [0.15, 0.2) is 47.5 Å². The Morgan fingerprint density at radius 1 is 0.971 bits per heavy atom. The molecule has 1 fully saturated rings. The summed E-state index contributed by atoms with van der Waals surface area (Å²) >= 11 is 1.48. The van der Waals surface area contributed by atoms with Crippen molar-refractivity contribution in [3.63, 3.8) is 0 Å². The van der Waals surface area contributed by atoms with Crippen LogP contribution in [0.1, 0.15) is 49.7 Å². The van der Waals surface area contributed by atoms with Crippen LogP contribution in [0.5, 0.6) is 11.5 Å². The zero-order valence-electron chi connectivity index (χ0n) is 20.0. The minimum absolute atomic E-state index is 0.0797. The summed E-state index contributed by atoms with van der Waals surface area (Å²) < 4.78 is 12.6. The van der Waals surface area contributed by atoms with Crippen molar-refractivity contribution in [1.29, 1.82) is 0 Å². The summed E-state index contributed by atoms with van der Waals surface area (Å²) in [5.41, 5.74) is 3.15. The Morgan fingerprint density at radius 2 is 1.71 bits per heavy atom. The van der Waals surface area contributed by atoms with Gasteiger partial charge in [0.05, 0.1) is 20.8 Å². The number of ether oxygens (including phenoxy) is 2.